The molecule has 1 aromatic carbocycles. The lowest BCUT2D eigenvalue weighted by molar-refractivity contribution is -0.384. The molecular formula is C15H23N3O2. The summed E-state index contributed by atoms with van der Waals surface area (Å²) in [5.74, 6) is 0. The first kappa shape index (κ1) is 14.8. The number of hydrogen-bond acceptors (Lipinski definition) is 4. The molecule has 2 rings (SSSR count). The van der Waals surface area contributed by atoms with Crippen LogP contribution < -0.4 is 5.32 Å². The highest BCUT2D eigenvalue weighted by molar-refractivity contribution is 5.55. The summed E-state index contributed by atoms with van der Waals surface area (Å²) in [4.78, 5) is 13.1. The zero-order chi connectivity index (χ0) is 14.5. The topological polar surface area (TPSA) is 58.4 Å². The number of nitro benzene ring substituents is 1. The van der Waals surface area contributed by atoms with Crippen LogP contribution in [0.25, 0.3) is 0 Å². The van der Waals surface area contributed by atoms with Gasteiger partial charge in [-0.25, -0.2) is 0 Å². The Morgan fingerprint density at radius 3 is 2.90 bits per heavy atom. The Morgan fingerprint density at radius 2 is 2.25 bits per heavy atom. The molecule has 110 valence electrons. The van der Waals surface area contributed by atoms with Gasteiger partial charge in [0, 0.05) is 37.5 Å². The Balaban J connectivity index is 2.21. The predicted molar refractivity (Wildman–Crippen MR) is 81.0 cm³/mol. The third-order valence-corrected chi connectivity index (χ3v) is 4.16. The first-order chi connectivity index (χ1) is 9.65. The molecule has 1 aromatic rings. The van der Waals surface area contributed by atoms with E-state index in [1.807, 2.05) is 7.05 Å². The Kier molecular flexibility index (Phi) is 4.95. The van der Waals surface area contributed by atoms with Gasteiger partial charge in [-0.1, -0.05) is 13.3 Å². The summed E-state index contributed by atoms with van der Waals surface area (Å²) in [5, 5.41) is 14.1. The van der Waals surface area contributed by atoms with E-state index in [1.54, 1.807) is 18.2 Å². The summed E-state index contributed by atoms with van der Waals surface area (Å²) >= 11 is 0. The van der Waals surface area contributed by atoms with Crippen LogP contribution in [-0.2, 0) is 6.54 Å². The average molecular weight is 277 g/mol. The number of anilines is 1. The van der Waals surface area contributed by atoms with Gasteiger partial charge >= 0.3 is 0 Å². The SMILES string of the molecule is CCC1CCCCN1Cc1cc([N+](=O)[O-])ccc1NC. The summed E-state index contributed by atoms with van der Waals surface area (Å²) in [6.07, 6.45) is 4.90. The van der Waals surface area contributed by atoms with E-state index < -0.39 is 0 Å². The fraction of sp³-hybridized carbons (Fsp3) is 0.600. The fourth-order valence-electron chi connectivity index (χ4n) is 3.02. The van der Waals surface area contributed by atoms with Gasteiger partial charge in [-0.15, -0.1) is 0 Å². The number of rotatable bonds is 5. The molecule has 1 unspecified atom stereocenters. The second kappa shape index (κ2) is 6.70. The maximum Gasteiger partial charge on any atom is 0.269 e. The van der Waals surface area contributed by atoms with Gasteiger partial charge in [0.25, 0.3) is 5.69 Å². The summed E-state index contributed by atoms with van der Waals surface area (Å²) < 4.78 is 0. The van der Waals surface area contributed by atoms with E-state index in [0.717, 1.165) is 30.8 Å². The number of benzene rings is 1. The molecule has 1 N–H and O–H groups in total. The Hall–Kier alpha value is -1.62. The van der Waals surface area contributed by atoms with Crippen LogP contribution >= 0.6 is 0 Å². The monoisotopic (exact) mass is 277 g/mol. The number of nitrogens with zero attached hydrogens (tertiary/aromatic N) is 2. The molecule has 1 aliphatic heterocycles. The quantitative estimate of drug-likeness (QED) is 0.662. The lowest BCUT2D eigenvalue weighted by Crippen LogP contribution is -2.38. The third-order valence-electron chi connectivity index (χ3n) is 4.16. The van der Waals surface area contributed by atoms with Crippen LogP contribution in [0.1, 0.15) is 38.2 Å². The summed E-state index contributed by atoms with van der Waals surface area (Å²) in [7, 11) is 1.86. The summed E-state index contributed by atoms with van der Waals surface area (Å²) in [6.45, 7) is 4.09. The maximum atomic E-state index is 10.9. The van der Waals surface area contributed by atoms with Crippen molar-refractivity contribution in [2.24, 2.45) is 0 Å². The highest BCUT2D eigenvalue weighted by Crippen LogP contribution is 2.27. The molecule has 0 bridgehead atoms. The van der Waals surface area contributed by atoms with Crippen LogP contribution in [0.2, 0.25) is 0 Å². The number of nitrogens with one attached hydrogen (secondary N) is 1. The third kappa shape index (κ3) is 3.28. The van der Waals surface area contributed by atoms with Crippen molar-refractivity contribution in [1.29, 1.82) is 0 Å². The van der Waals surface area contributed by atoms with E-state index in [0.29, 0.717) is 6.04 Å². The second-order valence-corrected chi connectivity index (χ2v) is 5.38. The van der Waals surface area contributed by atoms with Crippen molar-refractivity contribution in [2.45, 2.75) is 45.2 Å². The van der Waals surface area contributed by atoms with E-state index in [1.165, 1.54) is 19.3 Å². The van der Waals surface area contributed by atoms with Crippen molar-refractivity contribution < 1.29 is 4.92 Å². The smallest absolute Gasteiger partial charge is 0.269 e. The fourth-order valence-corrected chi connectivity index (χ4v) is 3.02. The molecule has 1 heterocycles. The normalized spacial score (nSPS) is 19.8. The van der Waals surface area contributed by atoms with E-state index in [2.05, 4.69) is 17.1 Å². The molecule has 1 fully saturated rings. The van der Waals surface area contributed by atoms with Gasteiger partial charge in [-0.2, -0.15) is 0 Å². The van der Waals surface area contributed by atoms with Crippen LogP contribution in [0.5, 0.6) is 0 Å². The molecule has 0 aromatic heterocycles. The highest BCUT2D eigenvalue weighted by atomic mass is 16.6. The van der Waals surface area contributed by atoms with Crippen molar-refractivity contribution in [2.75, 3.05) is 18.9 Å². The number of non-ortho nitro benzene ring substituents is 1. The van der Waals surface area contributed by atoms with Crippen molar-refractivity contribution in [3.8, 4) is 0 Å². The number of piperidine rings is 1. The van der Waals surface area contributed by atoms with Crippen molar-refractivity contribution >= 4 is 11.4 Å². The van der Waals surface area contributed by atoms with E-state index in [4.69, 9.17) is 0 Å². The molecule has 0 amide bonds. The predicted octanol–water partition coefficient (Wildman–Crippen LogP) is 3.40. The van der Waals surface area contributed by atoms with Gasteiger partial charge in [-0.05, 0) is 37.4 Å². The second-order valence-electron chi connectivity index (χ2n) is 5.38. The van der Waals surface area contributed by atoms with Gasteiger partial charge in [0.15, 0.2) is 0 Å². The zero-order valence-corrected chi connectivity index (χ0v) is 12.3. The molecule has 0 radical (unpaired) electrons. The minimum Gasteiger partial charge on any atom is -0.388 e. The van der Waals surface area contributed by atoms with Gasteiger partial charge in [0.1, 0.15) is 0 Å². The minimum absolute atomic E-state index is 0.170. The van der Waals surface area contributed by atoms with Crippen LogP contribution in [-0.4, -0.2) is 29.5 Å². The molecule has 0 aliphatic carbocycles. The number of nitro groups is 1. The van der Waals surface area contributed by atoms with Crippen LogP contribution in [0.4, 0.5) is 11.4 Å². The van der Waals surface area contributed by atoms with E-state index >= 15 is 0 Å². The van der Waals surface area contributed by atoms with Crippen LogP contribution in [0, 0.1) is 10.1 Å². The maximum absolute atomic E-state index is 10.9. The van der Waals surface area contributed by atoms with Crippen molar-refractivity contribution in [3.05, 3.63) is 33.9 Å². The lowest BCUT2D eigenvalue weighted by Gasteiger charge is -2.35. The van der Waals surface area contributed by atoms with Gasteiger partial charge < -0.3 is 5.32 Å². The van der Waals surface area contributed by atoms with Crippen molar-refractivity contribution in [3.63, 3.8) is 0 Å². The largest absolute Gasteiger partial charge is 0.388 e. The Labute approximate surface area is 120 Å². The van der Waals surface area contributed by atoms with E-state index in [-0.39, 0.29) is 10.6 Å². The van der Waals surface area contributed by atoms with Crippen LogP contribution in [0.15, 0.2) is 18.2 Å². The summed E-state index contributed by atoms with van der Waals surface area (Å²) in [6, 6.07) is 5.67. The van der Waals surface area contributed by atoms with E-state index in [9.17, 15) is 10.1 Å². The molecule has 1 aliphatic rings. The Morgan fingerprint density at radius 1 is 1.45 bits per heavy atom. The zero-order valence-electron chi connectivity index (χ0n) is 12.3. The Bertz CT molecular complexity index is 476. The first-order valence-corrected chi connectivity index (χ1v) is 7.34. The summed E-state index contributed by atoms with van der Waals surface area (Å²) in [5.41, 5.74) is 2.17. The molecule has 1 saturated heterocycles. The van der Waals surface area contributed by atoms with Crippen molar-refractivity contribution in [1.82, 2.24) is 4.90 Å². The first-order valence-electron chi connectivity index (χ1n) is 7.34. The van der Waals surface area contributed by atoms with Gasteiger partial charge in [0.2, 0.25) is 0 Å². The molecule has 20 heavy (non-hydrogen) atoms. The number of hydrogen-bond donors (Lipinski definition) is 1. The minimum atomic E-state index is -0.323. The molecular weight excluding hydrogens is 254 g/mol. The molecule has 1 atom stereocenters. The molecule has 0 spiro atoms. The number of likely N-dealkylation sites (tertiary alicyclic amines) is 1. The van der Waals surface area contributed by atoms with Gasteiger partial charge in [0.05, 0.1) is 4.92 Å². The van der Waals surface area contributed by atoms with Gasteiger partial charge in [-0.3, -0.25) is 15.0 Å². The highest BCUT2D eigenvalue weighted by Gasteiger charge is 2.22. The lowest BCUT2D eigenvalue weighted by atomic mass is 9.99. The molecule has 0 saturated carbocycles. The standard InChI is InChI=1S/C15H23N3O2/c1-3-13-6-4-5-9-17(13)11-12-10-14(18(19)20)7-8-15(12)16-2/h7-8,10,13,16H,3-6,9,11H2,1-2H3. The van der Waals surface area contributed by atoms with Crippen LogP contribution in [0.3, 0.4) is 0 Å². The average Bonchev–Trinajstić information content (AvgIpc) is 2.47. The molecule has 5 heteroatoms. The molecule has 5 nitrogen and oxygen atoms in total.